The highest BCUT2D eigenvalue weighted by molar-refractivity contribution is 7.19. The summed E-state index contributed by atoms with van der Waals surface area (Å²) in [5.41, 5.74) is 7.29. The topological polar surface area (TPSA) is 9.34 Å². The van der Waals surface area contributed by atoms with E-state index in [9.17, 15) is 0 Å². The first-order valence-electron chi connectivity index (χ1n) is 18.4. The maximum Gasteiger partial charge on any atom is 0.179 e. The van der Waals surface area contributed by atoms with Crippen molar-refractivity contribution in [3.05, 3.63) is 206 Å². The lowest BCUT2D eigenvalue weighted by atomic mass is 10.1. The van der Waals surface area contributed by atoms with Crippen molar-refractivity contribution in [3.63, 3.8) is 0 Å². The Hall–Kier alpha value is -6.68. The van der Waals surface area contributed by atoms with Gasteiger partial charge in [0.2, 0.25) is 0 Å². The second kappa shape index (κ2) is 11.7. The Morgan fingerprint density at radius 1 is 0.302 bits per heavy atom. The smallest absolute Gasteiger partial charge is 0.179 e. The number of hydrogen-bond acceptors (Lipinski definition) is 0. The molecule has 0 unspecified atom stereocenters. The molecule has 0 bridgehead atoms. The number of aromatic nitrogens is 2. The first-order valence-corrected chi connectivity index (χ1v) is 20.4. The van der Waals surface area contributed by atoms with E-state index in [-0.39, 0.29) is 0 Å². The highest BCUT2D eigenvalue weighted by Gasteiger charge is 2.41. The fourth-order valence-corrected chi connectivity index (χ4v) is 14.0. The van der Waals surface area contributed by atoms with Gasteiger partial charge in [0.25, 0.3) is 0 Å². The van der Waals surface area contributed by atoms with Crippen molar-refractivity contribution in [1.29, 1.82) is 0 Å². The van der Waals surface area contributed by atoms with E-state index in [0.29, 0.717) is 0 Å². The van der Waals surface area contributed by atoms with Gasteiger partial charge in [-0.1, -0.05) is 176 Å². The number of benzene rings is 8. The average Bonchev–Trinajstić information content (AvgIpc) is 3.80. The van der Waals surface area contributed by atoms with Crippen LogP contribution in [0.1, 0.15) is 0 Å². The number of fused-ring (bicyclic) bond motifs is 12. The predicted octanol–water partition coefficient (Wildman–Crippen LogP) is 9.87. The number of para-hydroxylation sites is 2. The fraction of sp³-hybridized carbons (Fsp3) is 0. The molecule has 11 aromatic rings. The Morgan fingerprint density at radius 3 is 1.42 bits per heavy atom. The van der Waals surface area contributed by atoms with Gasteiger partial charge in [0, 0.05) is 32.6 Å². The fourth-order valence-electron chi connectivity index (χ4n) is 9.24. The molecule has 3 aromatic heterocycles. The minimum Gasteiger partial charge on any atom is -0.307 e. The molecular formula is C50H34N2Si. The van der Waals surface area contributed by atoms with Crippen LogP contribution < -0.4 is 20.7 Å². The van der Waals surface area contributed by atoms with Gasteiger partial charge in [-0.15, -0.1) is 0 Å². The standard InChI is InChI=1S/C50H34N2Si/c1-4-18-37(19-5-1)53(38-20-6-2-7-21-38,39-22-8-3-9-23-39)40-24-16-17-36(34-40)51-46-29-14-13-28-44(46)45-32-31-35-33-48-43-27-11-10-25-41(43)42-26-12-15-30-47(42)52(48)49(35)50(45)51/h1-34H. The molecule has 0 saturated heterocycles. The Bertz CT molecular complexity index is 3060. The zero-order valence-electron chi connectivity index (χ0n) is 29.0. The molecule has 0 fully saturated rings. The van der Waals surface area contributed by atoms with Crippen LogP contribution in [0.2, 0.25) is 0 Å². The zero-order valence-corrected chi connectivity index (χ0v) is 30.0. The molecule has 11 rings (SSSR count). The molecule has 0 N–H and O–H groups in total. The van der Waals surface area contributed by atoms with E-state index in [0.717, 1.165) is 0 Å². The Labute approximate surface area is 308 Å². The van der Waals surface area contributed by atoms with Gasteiger partial charge < -0.3 is 8.97 Å². The Kier molecular flexibility index (Phi) is 6.61. The van der Waals surface area contributed by atoms with Crippen LogP contribution in [-0.4, -0.2) is 17.0 Å². The van der Waals surface area contributed by atoms with Crippen LogP contribution in [0.4, 0.5) is 0 Å². The first-order chi connectivity index (χ1) is 26.3. The van der Waals surface area contributed by atoms with Gasteiger partial charge in [-0.25, -0.2) is 0 Å². The van der Waals surface area contributed by atoms with Crippen molar-refractivity contribution in [1.82, 2.24) is 8.97 Å². The lowest BCUT2D eigenvalue weighted by Crippen LogP contribution is -2.74. The highest BCUT2D eigenvalue weighted by atomic mass is 28.3. The third-order valence-corrected chi connectivity index (χ3v) is 16.2. The SMILES string of the molecule is c1ccc([Si](c2ccccc2)(c2ccccc2)c2cccc(-n3c4ccccc4c4ccc5cc6c7ccccc7c7ccccc7n6c5c43)c2)cc1. The molecule has 0 atom stereocenters. The van der Waals surface area contributed by atoms with Crippen molar-refractivity contribution in [2.24, 2.45) is 0 Å². The minimum atomic E-state index is -2.75. The van der Waals surface area contributed by atoms with Gasteiger partial charge >= 0.3 is 0 Å². The van der Waals surface area contributed by atoms with E-state index in [4.69, 9.17) is 0 Å². The van der Waals surface area contributed by atoms with Crippen molar-refractivity contribution in [3.8, 4) is 5.69 Å². The third kappa shape index (κ3) is 4.26. The Morgan fingerprint density at radius 2 is 0.792 bits per heavy atom. The van der Waals surface area contributed by atoms with Crippen molar-refractivity contribution >= 4 is 88.7 Å². The number of rotatable bonds is 5. The molecule has 3 heteroatoms. The largest absolute Gasteiger partial charge is 0.307 e. The maximum absolute atomic E-state index is 2.75. The van der Waals surface area contributed by atoms with E-state index in [1.807, 2.05) is 0 Å². The van der Waals surface area contributed by atoms with E-state index >= 15 is 0 Å². The van der Waals surface area contributed by atoms with Gasteiger partial charge in [-0.2, -0.15) is 0 Å². The summed E-state index contributed by atoms with van der Waals surface area (Å²) in [7, 11) is -2.75. The molecule has 0 aliphatic carbocycles. The number of hydrogen-bond donors (Lipinski definition) is 0. The average molecular weight is 691 g/mol. The predicted molar refractivity (Wildman–Crippen MR) is 228 cm³/mol. The molecule has 3 heterocycles. The summed E-state index contributed by atoms with van der Waals surface area (Å²) in [6.07, 6.45) is 0. The van der Waals surface area contributed by atoms with E-state index in [1.54, 1.807) is 0 Å². The number of nitrogens with zero attached hydrogens (tertiary/aromatic N) is 2. The quantitative estimate of drug-likeness (QED) is 0.0967. The summed E-state index contributed by atoms with van der Waals surface area (Å²) in [5, 5.41) is 13.0. The summed E-state index contributed by atoms with van der Waals surface area (Å²) >= 11 is 0. The molecule has 2 nitrogen and oxygen atoms in total. The molecule has 0 spiro atoms. The van der Waals surface area contributed by atoms with Gasteiger partial charge in [-0.05, 0) is 56.5 Å². The second-order valence-electron chi connectivity index (χ2n) is 14.1. The molecule has 0 radical (unpaired) electrons. The molecule has 248 valence electrons. The summed E-state index contributed by atoms with van der Waals surface area (Å²) in [6.45, 7) is 0. The zero-order chi connectivity index (χ0) is 34.9. The van der Waals surface area contributed by atoms with Crippen LogP contribution in [0, 0.1) is 0 Å². The van der Waals surface area contributed by atoms with Crippen LogP contribution in [0.5, 0.6) is 0 Å². The van der Waals surface area contributed by atoms with Crippen molar-refractivity contribution < 1.29 is 0 Å². The summed E-state index contributed by atoms with van der Waals surface area (Å²) < 4.78 is 5.05. The third-order valence-electron chi connectivity index (χ3n) is 11.4. The maximum atomic E-state index is 2.53. The summed E-state index contributed by atoms with van der Waals surface area (Å²) in [4.78, 5) is 0. The number of pyridine rings is 1. The van der Waals surface area contributed by atoms with Crippen LogP contribution >= 0.6 is 0 Å². The van der Waals surface area contributed by atoms with Gasteiger partial charge in [-0.3, -0.25) is 0 Å². The van der Waals surface area contributed by atoms with Crippen LogP contribution in [0.25, 0.3) is 65.6 Å². The summed E-state index contributed by atoms with van der Waals surface area (Å²) in [5.74, 6) is 0. The van der Waals surface area contributed by atoms with E-state index < -0.39 is 8.07 Å². The molecule has 8 aromatic carbocycles. The van der Waals surface area contributed by atoms with Crippen molar-refractivity contribution in [2.45, 2.75) is 0 Å². The van der Waals surface area contributed by atoms with Gasteiger partial charge in [0.1, 0.15) is 0 Å². The lowest BCUT2D eigenvalue weighted by molar-refractivity contribution is 1.18. The molecule has 0 aliphatic rings. The molecule has 53 heavy (non-hydrogen) atoms. The lowest BCUT2D eigenvalue weighted by Gasteiger charge is -2.34. The summed E-state index contributed by atoms with van der Waals surface area (Å²) in [6, 6.07) is 76.7. The van der Waals surface area contributed by atoms with Crippen LogP contribution in [0.15, 0.2) is 206 Å². The molecule has 0 amide bonds. The second-order valence-corrected chi connectivity index (χ2v) is 17.9. The van der Waals surface area contributed by atoms with Crippen LogP contribution in [0.3, 0.4) is 0 Å². The van der Waals surface area contributed by atoms with Gasteiger partial charge in [0.15, 0.2) is 8.07 Å². The Balaban J connectivity index is 1.30. The van der Waals surface area contributed by atoms with Gasteiger partial charge in [0.05, 0.1) is 27.6 Å². The van der Waals surface area contributed by atoms with Crippen LogP contribution in [-0.2, 0) is 0 Å². The van der Waals surface area contributed by atoms with E-state index in [1.165, 1.54) is 86.3 Å². The molecular weight excluding hydrogens is 657 g/mol. The van der Waals surface area contributed by atoms with E-state index in [2.05, 4.69) is 215 Å². The molecule has 0 aliphatic heterocycles. The molecule has 0 saturated carbocycles. The monoisotopic (exact) mass is 690 g/mol. The highest BCUT2D eigenvalue weighted by Crippen LogP contribution is 2.41. The first kappa shape index (κ1) is 30.0. The normalized spacial score (nSPS) is 12.2. The van der Waals surface area contributed by atoms with Crippen molar-refractivity contribution in [2.75, 3.05) is 0 Å². The minimum absolute atomic E-state index is 1.17.